The third-order valence-electron chi connectivity index (χ3n) is 2.23. The minimum atomic E-state index is -0.0806. The van der Waals surface area contributed by atoms with E-state index in [1.165, 1.54) is 5.56 Å². The summed E-state index contributed by atoms with van der Waals surface area (Å²) in [5.41, 5.74) is 2.36. The molecule has 15 heavy (non-hydrogen) atoms. The summed E-state index contributed by atoms with van der Waals surface area (Å²) in [6.45, 7) is 4.63. The van der Waals surface area contributed by atoms with Crippen LogP contribution in [0, 0.1) is 6.92 Å². The van der Waals surface area contributed by atoms with E-state index in [4.69, 9.17) is 0 Å². The molecule has 0 fully saturated rings. The van der Waals surface area contributed by atoms with E-state index in [0.717, 1.165) is 12.0 Å². The smallest absolute Gasteiger partial charge is 0.234 e. The Morgan fingerprint density at radius 3 is 2.53 bits per heavy atom. The van der Waals surface area contributed by atoms with E-state index < -0.39 is 0 Å². The van der Waals surface area contributed by atoms with Crippen LogP contribution in [-0.4, -0.2) is 10.7 Å². The molecule has 82 valence electrons. The number of carbonyl (C=O) groups is 1. The Balaban J connectivity index is 2.43. The highest BCUT2D eigenvalue weighted by atomic mass is 79.9. The predicted molar refractivity (Wildman–Crippen MR) is 66.0 cm³/mol. The molecule has 0 saturated carbocycles. The normalized spacial score (nSPS) is 12.2. The molecule has 0 aliphatic rings. The van der Waals surface area contributed by atoms with E-state index in [-0.39, 0.29) is 10.7 Å². The Kier molecular flexibility index (Phi) is 4.82. The summed E-state index contributed by atoms with van der Waals surface area (Å²) in [4.78, 5) is 11.4. The maximum absolute atomic E-state index is 11.5. The van der Waals surface area contributed by atoms with Crippen LogP contribution < -0.4 is 5.32 Å². The first-order valence-electron chi connectivity index (χ1n) is 5.10. The standard InChI is InChI=1S/C12H16BrNO/c1-3-11(13)12(15)14-8-10-6-4-9(2)5-7-10/h4-7,11H,3,8H2,1-2H3,(H,14,15)/t11-/m1/s1. The Bertz CT molecular complexity index is 321. The van der Waals surface area contributed by atoms with E-state index in [9.17, 15) is 4.79 Å². The van der Waals surface area contributed by atoms with Crippen molar-refractivity contribution in [2.45, 2.75) is 31.6 Å². The first-order valence-corrected chi connectivity index (χ1v) is 6.02. The van der Waals surface area contributed by atoms with Crippen molar-refractivity contribution in [3.05, 3.63) is 35.4 Å². The molecule has 1 aromatic rings. The van der Waals surface area contributed by atoms with Gasteiger partial charge in [-0.15, -0.1) is 0 Å². The molecule has 1 amide bonds. The van der Waals surface area contributed by atoms with E-state index in [2.05, 4.69) is 21.2 Å². The lowest BCUT2D eigenvalue weighted by molar-refractivity contribution is -0.120. The van der Waals surface area contributed by atoms with Crippen LogP contribution in [0.4, 0.5) is 0 Å². The summed E-state index contributed by atoms with van der Waals surface area (Å²) in [5, 5.41) is 2.88. The van der Waals surface area contributed by atoms with Crippen LogP contribution in [-0.2, 0) is 11.3 Å². The Morgan fingerprint density at radius 1 is 1.40 bits per heavy atom. The van der Waals surface area contributed by atoms with Gasteiger partial charge in [-0.3, -0.25) is 4.79 Å². The molecule has 3 heteroatoms. The molecule has 0 aliphatic carbocycles. The summed E-state index contributed by atoms with van der Waals surface area (Å²) in [6, 6.07) is 8.16. The number of amides is 1. The third-order valence-corrected chi connectivity index (χ3v) is 3.29. The summed E-state index contributed by atoms with van der Waals surface area (Å²) < 4.78 is 0. The third kappa shape index (κ3) is 4.04. The average Bonchev–Trinajstić information content (AvgIpc) is 2.26. The van der Waals surface area contributed by atoms with Crippen molar-refractivity contribution in [3.63, 3.8) is 0 Å². The van der Waals surface area contributed by atoms with Gasteiger partial charge in [0.2, 0.25) is 5.91 Å². The molecule has 0 radical (unpaired) electrons. The molecule has 0 bridgehead atoms. The number of alkyl halides is 1. The van der Waals surface area contributed by atoms with Crippen LogP contribution in [0.2, 0.25) is 0 Å². The number of carbonyl (C=O) groups excluding carboxylic acids is 1. The van der Waals surface area contributed by atoms with Gasteiger partial charge in [-0.05, 0) is 18.9 Å². The van der Waals surface area contributed by atoms with Gasteiger partial charge in [0.25, 0.3) is 0 Å². The highest BCUT2D eigenvalue weighted by Gasteiger charge is 2.10. The zero-order valence-corrected chi connectivity index (χ0v) is 10.7. The first-order chi connectivity index (χ1) is 7.13. The van der Waals surface area contributed by atoms with Crippen LogP contribution >= 0.6 is 15.9 Å². The lowest BCUT2D eigenvalue weighted by atomic mass is 10.1. The van der Waals surface area contributed by atoms with E-state index >= 15 is 0 Å². The molecule has 0 aromatic heterocycles. The molecular weight excluding hydrogens is 254 g/mol. The number of nitrogens with one attached hydrogen (secondary N) is 1. The van der Waals surface area contributed by atoms with E-state index in [1.54, 1.807) is 0 Å². The maximum Gasteiger partial charge on any atom is 0.234 e. The van der Waals surface area contributed by atoms with Gasteiger partial charge in [-0.25, -0.2) is 0 Å². The van der Waals surface area contributed by atoms with Gasteiger partial charge in [0.15, 0.2) is 0 Å². The fourth-order valence-electron chi connectivity index (χ4n) is 1.19. The summed E-state index contributed by atoms with van der Waals surface area (Å²) in [7, 11) is 0. The van der Waals surface area contributed by atoms with Crippen molar-refractivity contribution >= 4 is 21.8 Å². The zero-order chi connectivity index (χ0) is 11.3. The maximum atomic E-state index is 11.5. The van der Waals surface area contributed by atoms with Crippen molar-refractivity contribution in [1.82, 2.24) is 5.32 Å². The van der Waals surface area contributed by atoms with Gasteiger partial charge in [0.05, 0.1) is 4.83 Å². The van der Waals surface area contributed by atoms with Crippen LogP contribution in [0.3, 0.4) is 0 Å². The van der Waals surface area contributed by atoms with Crippen molar-refractivity contribution in [3.8, 4) is 0 Å². The SMILES string of the molecule is CC[C@@H](Br)C(=O)NCc1ccc(C)cc1. The Hall–Kier alpha value is -0.830. The molecule has 0 unspecified atom stereocenters. The molecule has 1 N–H and O–H groups in total. The van der Waals surface area contributed by atoms with E-state index in [1.807, 2.05) is 38.1 Å². The monoisotopic (exact) mass is 269 g/mol. The number of halogens is 1. The summed E-state index contributed by atoms with van der Waals surface area (Å²) in [6.07, 6.45) is 0.805. The lowest BCUT2D eigenvalue weighted by Crippen LogP contribution is -2.30. The van der Waals surface area contributed by atoms with E-state index in [0.29, 0.717) is 6.54 Å². The Labute approximate surface area is 99.2 Å². The van der Waals surface area contributed by atoms with Gasteiger partial charge in [-0.1, -0.05) is 52.7 Å². The number of rotatable bonds is 4. The average molecular weight is 270 g/mol. The minimum absolute atomic E-state index is 0.0538. The molecule has 1 aromatic carbocycles. The topological polar surface area (TPSA) is 29.1 Å². The molecule has 0 heterocycles. The van der Waals surface area contributed by atoms with Crippen LogP contribution in [0.1, 0.15) is 24.5 Å². The lowest BCUT2D eigenvalue weighted by Gasteiger charge is -2.08. The second-order valence-electron chi connectivity index (χ2n) is 3.58. The zero-order valence-electron chi connectivity index (χ0n) is 9.09. The largest absolute Gasteiger partial charge is 0.351 e. The van der Waals surface area contributed by atoms with Crippen molar-refractivity contribution in [1.29, 1.82) is 0 Å². The molecule has 0 spiro atoms. The van der Waals surface area contributed by atoms with Gasteiger partial charge in [0, 0.05) is 6.54 Å². The van der Waals surface area contributed by atoms with Crippen molar-refractivity contribution < 1.29 is 4.79 Å². The van der Waals surface area contributed by atoms with Crippen LogP contribution in [0.25, 0.3) is 0 Å². The highest BCUT2D eigenvalue weighted by Crippen LogP contribution is 2.06. The van der Waals surface area contributed by atoms with Gasteiger partial charge in [-0.2, -0.15) is 0 Å². The number of hydrogen-bond donors (Lipinski definition) is 1. The Morgan fingerprint density at radius 2 is 2.00 bits per heavy atom. The fourth-order valence-corrected chi connectivity index (χ4v) is 1.35. The summed E-state index contributed by atoms with van der Waals surface area (Å²) >= 11 is 3.32. The van der Waals surface area contributed by atoms with Crippen LogP contribution in [0.15, 0.2) is 24.3 Å². The fraction of sp³-hybridized carbons (Fsp3) is 0.417. The number of aryl methyl sites for hydroxylation is 1. The molecule has 1 atom stereocenters. The summed E-state index contributed by atoms with van der Waals surface area (Å²) in [5.74, 6) is 0.0538. The quantitative estimate of drug-likeness (QED) is 0.837. The van der Waals surface area contributed by atoms with Gasteiger partial charge >= 0.3 is 0 Å². The van der Waals surface area contributed by atoms with Crippen LogP contribution in [0.5, 0.6) is 0 Å². The predicted octanol–water partition coefficient (Wildman–Crippen LogP) is 2.78. The second kappa shape index (κ2) is 5.91. The molecule has 0 aliphatic heterocycles. The highest BCUT2D eigenvalue weighted by molar-refractivity contribution is 9.10. The molecule has 0 saturated heterocycles. The number of hydrogen-bond acceptors (Lipinski definition) is 1. The second-order valence-corrected chi connectivity index (χ2v) is 4.68. The minimum Gasteiger partial charge on any atom is -0.351 e. The first kappa shape index (κ1) is 12.2. The van der Waals surface area contributed by atoms with Gasteiger partial charge < -0.3 is 5.32 Å². The van der Waals surface area contributed by atoms with Crippen molar-refractivity contribution in [2.24, 2.45) is 0 Å². The number of benzene rings is 1. The molecule has 1 rings (SSSR count). The van der Waals surface area contributed by atoms with Crippen molar-refractivity contribution in [2.75, 3.05) is 0 Å². The van der Waals surface area contributed by atoms with Gasteiger partial charge in [0.1, 0.15) is 0 Å². The molecular formula is C12H16BrNO. The molecule has 2 nitrogen and oxygen atoms in total.